The number of nitrogens with two attached hydrogens (primary N) is 1. The zero-order chi connectivity index (χ0) is 56.3. The fraction of sp³-hybridized carbons (Fsp3) is 0.397. The number of ketones is 2. The van der Waals surface area contributed by atoms with Crippen LogP contribution in [0, 0.1) is 5.92 Å². The number of imide groups is 1. The first-order chi connectivity index (χ1) is 38.0. The number of carbonyl (C=O) groups is 9. The first-order valence-electron chi connectivity index (χ1n) is 26.7. The number of amides is 8. The van der Waals surface area contributed by atoms with E-state index in [-0.39, 0.29) is 79.9 Å². The number of aromatic amines is 1. The van der Waals surface area contributed by atoms with Gasteiger partial charge < -0.3 is 51.4 Å². The second kappa shape index (κ2) is 26.3. The summed E-state index contributed by atoms with van der Waals surface area (Å²) in [6.07, 6.45) is 3.78. The zero-order valence-electron chi connectivity index (χ0n) is 44.6. The lowest BCUT2D eigenvalue weighted by molar-refractivity contribution is -0.137. The van der Waals surface area contributed by atoms with Crippen molar-refractivity contribution in [1.82, 2.24) is 35.6 Å². The number of fused-ring (bicyclic) bond motifs is 4. The summed E-state index contributed by atoms with van der Waals surface area (Å²) in [7, 11) is 2.02. The van der Waals surface area contributed by atoms with E-state index in [0.29, 0.717) is 79.2 Å². The highest BCUT2D eigenvalue weighted by atomic mass is 79.9. The largest absolute Gasteiger partial charge is 0.415 e. The van der Waals surface area contributed by atoms with E-state index in [0.717, 1.165) is 50.8 Å². The Hall–Kier alpha value is -7.75. The monoisotopic (exact) mass is 1140 g/mol. The molecule has 4 aromatic carbocycles. The standard InChI is InChI=1S/C58H67BrN10O10/c1-35(2)53(61-22-6-9-41(70)10-8-24-68-50(72)20-21-51(68)73)55(75)65-45(13-7-23-62-57(60)77)54(74)63-40-17-15-37(16-18-40)48(71)30-36-14-19-44-38(29-36)31-46(64-44)56(76)69-34-39(33-59)52-43-12-5-4-11-42(43)49(32-47(52)69)79-58(78)67-27-25-66(3)26-28-67/h4-5,11-12,14-21,29,31-32,35,39,45,53,61,64H,6-10,13,22-28,30,33-34H2,1-3H3,(H,63,74)(H,65,75)(H3,60,62,77)/t39-,45+,53+/m1/s1. The summed E-state index contributed by atoms with van der Waals surface area (Å²) in [6, 6.07) is 20.9. The van der Waals surface area contributed by atoms with Gasteiger partial charge in [-0.05, 0) is 104 Å². The molecular weight excluding hydrogens is 1080 g/mol. The Morgan fingerprint density at radius 3 is 2.23 bits per heavy atom. The smallest absolute Gasteiger partial charge is 0.409 e. The van der Waals surface area contributed by atoms with E-state index >= 15 is 0 Å². The van der Waals surface area contributed by atoms with Crippen LogP contribution in [0.25, 0.3) is 21.7 Å². The number of hydrogen-bond acceptors (Lipinski definition) is 12. The average Bonchev–Trinajstić information content (AvgIpc) is 4.36. The molecule has 7 N–H and O–H groups in total. The number of nitrogens with one attached hydrogen (secondary N) is 5. The summed E-state index contributed by atoms with van der Waals surface area (Å²) >= 11 is 3.69. The molecule has 3 aliphatic heterocycles. The number of aromatic nitrogens is 1. The van der Waals surface area contributed by atoms with Gasteiger partial charge in [0.15, 0.2) is 5.78 Å². The van der Waals surface area contributed by atoms with Crippen LogP contribution in [0.4, 0.5) is 21.0 Å². The Bertz CT molecular complexity index is 3150. The van der Waals surface area contributed by atoms with Gasteiger partial charge in [0.2, 0.25) is 11.8 Å². The molecule has 21 heteroatoms. The van der Waals surface area contributed by atoms with Gasteiger partial charge in [-0.3, -0.25) is 38.5 Å². The number of halogens is 1. The third kappa shape index (κ3) is 14.3. The minimum absolute atomic E-state index is 0.0200. The van der Waals surface area contributed by atoms with E-state index in [9.17, 15) is 43.2 Å². The molecule has 0 aliphatic carbocycles. The lowest BCUT2D eigenvalue weighted by Gasteiger charge is -2.31. The van der Waals surface area contributed by atoms with Crippen molar-refractivity contribution in [3.63, 3.8) is 0 Å². The van der Waals surface area contributed by atoms with Gasteiger partial charge in [0.1, 0.15) is 23.3 Å². The third-order valence-electron chi connectivity index (χ3n) is 14.6. The number of rotatable bonds is 24. The molecule has 79 heavy (non-hydrogen) atoms. The lowest BCUT2D eigenvalue weighted by atomic mass is 9.95. The number of ether oxygens (including phenoxy) is 1. The van der Waals surface area contributed by atoms with Gasteiger partial charge in [0.25, 0.3) is 17.7 Å². The summed E-state index contributed by atoms with van der Waals surface area (Å²) in [5.41, 5.74) is 9.52. The lowest BCUT2D eigenvalue weighted by Crippen LogP contribution is -2.53. The van der Waals surface area contributed by atoms with Crippen LogP contribution < -0.4 is 36.6 Å². The van der Waals surface area contributed by atoms with Crippen molar-refractivity contribution in [2.24, 2.45) is 11.7 Å². The predicted molar refractivity (Wildman–Crippen MR) is 303 cm³/mol. The van der Waals surface area contributed by atoms with Gasteiger partial charge in [0, 0.05) is 122 Å². The number of urea groups is 1. The normalized spacial score (nSPS) is 16.1. The molecule has 5 aromatic rings. The van der Waals surface area contributed by atoms with Crippen molar-refractivity contribution in [2.75, 3.05) is 75.0 Å². The molecule has 8 rings (SSSR count). The van der Waals surface area contributed by atoms with E-state index in [4.69, 9.17) is 10.5 Å². The Labute approximate surface area is 466 Å². The maximum atomic E-state index is 14.5. The highest BCUT2D eigenvalue weighted by Crippen LogP contribution is 2.46. The molecular formula is C58H67BrN10O10. The van der Waals surface area contributed by atoms with Gasteiger partial charge in [-0.25, -0.2) is 9.59 Å². The van der Waals surface area contributed by atoms with Crippen LogP contribution in [-0.2, 0) is 30.4 Å². The van der Waals surface area contributed by atoms with Gasteiger partial charge >= 0.3 is 12.1 Å². The molecule has 0 saturated carbocycles. The molecule has 8 amide bonds. The van der Waals surface area contributed by atoms with Crippen molar-refractivity contribution in [3.8, 4) is 5.75 Å². The highest BCUT2D eigenvalue weighted by molar-refractivity contribution is 9.09. The molecule has 3 aliphatic rings. The van der Waals surface area contributed by atoms with Crippen LogP contribution in [0.15, 0.2) is 91.0 Å². The minimum atomic E-state index is -1.01. The van der Waals surface area contributed by atoms with E-state index in [2.05, 4.69) is 47.1 Å². The summed E-state index contributed by atoms with van der Waals surface area (Å²) in [6.45, 7) is 7.42. The molecule has 1 aromatic heterocycles. The van der Waals surface area contributed by atoms with Crippen molar-refractivity contribution in [3.05, 3.63) is 113 Å². The molecule has 20 nitrogen and oxygen atoms in total. The molecule has 0 radical (unpaired) electrons. The van der Waals surface area contributed by atoms with Crippen molar-refractivity contribution >= 4 is 102 Å². The van der Waals surface area contributed by atoms with Crippen LogP contribution >= 0.6 is 15.9 Å². The second-order valence-electron chi connectivity index (χ2n) is 20.6. The quantitative estimate of drug-likeness (QED) is 0.0175. The SMILES string of the molecule is CC(C)[C@H](NCCCC(=O)CCCN1C(=O)C=CC1=O)C(=O)N[C@@H](CCCNC(N)=O)C(=O)Nc1ccc(C(=O)Cc2ccc3[nH]c(C(=O)N4C[C@@H](CBr)c5c4cc(OC(=O)N4CCN(C)CC4)c4ccccc54)cc3c2)cc1. The molecule has 4 heterocycles. The van der Waals surface area contributed by atoms with E-state index in [1.807, 2.05) is 63.4 Å². The second-order valence-corrected chi connectivity index (χ2v) is 21.3. The molecule has 1 saturated heterocycles. The first-order valence-corrected chi connectivity index (χ1v) is 27.9. The molecule has 416 valence electrons. The van der Waals surface area contributed by atoms with E-state index < -0.39 is 36.0 Å². The maximum absolute atomic E-state index is 14.5. The van der Waals surface area contributed by atoms with E-state index in [1.54, 1.807) is 46.2 Å². The maximum Gasteiger partial charge on any atom is 0.415 e. The number of piperazine rings is 1. The predicted octanol–water partition coefficient (Wildman–Crippen LogP) is 6.17. The van der Waals surface area contributed by atoms with Gasteiger partial charge in [-0.2, -0.15) is 0 Å². The number of Topliss-reactive ketones (excluding diaryl/α,β-unsaturated/α-hetero) is 2. The minimum Gasteiger partial charge on any atom is -0.409 e. The van der Waals surface area contributed by atoms with Crippen molar-refractivity contribution in [2.45, 2.75) is 76.8 Å². The number of H-pyrrole nitrogens is 1. The number of benzene rings is 4. The van der Waals surface area contributed by atoms with Crippen molar-refractivity contribution in [1.29, 1.82) is 0 Å². The van der Waals surface area contributed by atoms with Gasteiger partial charge in [-0.1, -0.05) is 60.1 Å². The summed E-state index contributed by atoms with van der Waals surface area (Å²) < 4.78 is 6.08. The Kier molecular flexibility index (Phi) is 19.1. The summed E-state index contributed by atoms with van der Waals surface area (Å²) in [5.74, 6) is -1.98. The number of nitrogens with zero attached hydrogens (tertiary/aromatic N) is 4. The molecule has 0 unspecified atom stereocenters. The number of primary amides is 1. The fourth-order valence-electron chi connectivity index (χ4n) is 10.2. The van der Waals surface area contributed by atoms with Crippen LogP contribution in [0.1, 0.15) is 90.3 Å². The number of carbonyl (C=O) groups excluding carboxylic acids is 9. The van der Waals surface area contributed by atoms with Gasteiger partial charge in [-0.15, -0.1) is 0 Å². The Morgan fingerprint density at radius 1 is 0.823 bits per heavy atom. The number of alkyl halides is 1. The Balaban J connectivity index is 0.871. The number of likely N-dealkylation sites (N-methyl/N-ethyl adjacent to an activating group) is 1. The average molecular weight is 1140 g/mol. The number of anilines is 2. The van der Waals surface area contributed by atoms with Crippen molar-refractivity contribution < 1.29 is 47.9 Å². The van der Waals surface area contributed by atoms with Gasteiger partial charge in [0.05, 0.1) is 11.7 Å². The first kappa shape index (κ1) is 57.4. The zero-order valence-corrected chi connectivity index (χ0v) is 46.2. The van der Waals surface area contributed by atoms with Crippen LogP contribution in [0.3, 0.4) is 0 Å². The summed E-state index contributed by atoms with van der Waals surface area (Å²) in [5, 5.41) is 14.5. The molecule has 3 atom stereocenters. The molecule has 1 fully saturated rings. The number of hydrogen-bond donors (Lipinski definition) is 6. The fourth-order valence-corrected chi connectivity index (χ4v) is 10.7. The highest BCUT2D eigenvalue weighted by Gasteiger charge is 2.36. The Morgan fingerprint density at radius 2 is 1.53 bits per heavy atom. The van der Waals surface area contributed by atoms with Crippen LogP contribution in [0.5, 0.6) is 5.75 Å². The third-order valence-corrected chi connectivity index (χ3v) is 15.3. The summed E-state index contributed by atoms with van der Waals surface area (Å²) in [4.78, 5) is 126. The molecule has 0 spiro atoms. The van der Waals surface area contributed by atoms with Crippen LogP contribution in [-0.4, -0.2) is 150 Å². The topological polar surface area (TPSA) is 266 Å². The van der Waals surface area contributed by atoms with E-state index in [1.165, 1.54) is 12.2 Å². The molecule has 0 bridgehead atoms. The van der Waals surface area contributed by atoms with Crippen LogP contribution in [0.2, 0.25) is 0 Å².